The first-order valence-corrected chi connectivity index (χ1v) is 7.69. The Morgan fingerprint density at radius 3 is 2.74 bits per heavy atom. The molecule has 1 aromatic carbocycles. The van der Waals surface area contributed by atoms with Crippen LogP contribution in [-0.4, -0.2) is 6.10 Å². The predicted octanol–water partition coefficient (Wildman–Crippen LogP) is 3.84. The zero-order chi connectivity index (χ0) is 13.4. The summed E-state index contributed by atoms with van der Waals surface area (Å²) >= 11 is 0. The molecule has 4 unspecified atom stereocenters. The Morgan fingerprint density at radius 2 is 1.95 bits per heavy atom. The van der Waals surface area contributed by atoms with Gasteiger partial charge in [-0.1, -0.05) is 26.0 Å². The Balaban J connectivity index is 1.74. The highest BCUT2D eigenvalue weighted by Crippen LogP contribution is 2.38. The Bertz CT molecular complexity index is 457. The van der Waals surface area contributed by atoms with Crippen molar-refractivity contribution in [1.82, 2.24) is 0 Å². The third-order valence-corrected chi connectivity index (χ3v) is 5.12. The van der Waals surface area contributed by atoms with Crippen molar-refractivity contribution in [3.63, 3.8) is 0 Å². The van der Waals surface area contributed by atoms with Gasteiger partial charge in [0, 0.05) is 6.04 Å². The first-order valence-electron chi connectivity index (χ1n) is 7.69. The number of rotatable bonds is 2. The van der Waals surface area contributed by atoms with Crippen LogP contribution in [0.4, 0.5) is 0 Å². The van der Waals surface area contributed by atoms with Gasteiger partial charge in [-0.25, -0.2) is 0 Å². The second-order valence-corrected chi connectivity index (χ2v) is 6.48. The number of ether oxygens (including phenoxy) is 1. The molecule has 2 aliphatic carbocycles. The number of hydrogen-bond donors (Lipinski definition) is 1. The summed E-state index contributed by atoms with van der Waals surface area (Å²) in [5.41, 5.74) is 8.80. The minimum atomic E-state index is 0.212. The lowest BCUT2D eigenvalue weighted by Gasteiger charge is -2.32. The maximum absolute atomic E-state index is 6.31. The molecular weight excluding hydrogens is 234 g/mol. The largest absolute Gasteiger partial charge is 0.490 e. The van der Waals surface area contributed by atoms with Crippen molar-refractivity contribution in [2.24, 2.45) is 17.6 Å². The van der Waals surface area contributed by atoms with Crippen molar-refractivity contribution in [3.8, 4) is 5.75 Å². The molecule has 0 saturated heterocycles. The first kappa shape index (κ1) is 13.0. The molecule has 19 heavy (non-hydrogen) atoms. The minimum absolute atomic E-state index is 0.212. The zero-order valence-electron chi connectivity index (χ0n) is 12.1. The average molecular weight is 259 g/mol. The van der Waals surface area contributed by atoms with E-state index >= 15 is 0 Å². The molecule has 0 radical (unpaired) electrons. The lowest BCUT2D eigenvalue weighted by Crippen LogP contribution is -2.29. The second-order valence-electron chi connectivity index (χ2n) is 6.48. The van der Waals surface area contributed by atoms with Crippen LogP contribution in [0.2, 0.25) is 0 Å². The Morgan fingerprint density at radius 1 is 1.11 bits per heavy atom. The summed E-state index contributed by atoms with van der Waals surface area (Å²) in [7, 11) is 0. The number of fused-ring (bicyclic) bond motifs is 1. The molecule has 0 bridgehead atoms. The van der Waals surface area contributed by atoms with E-state index in [9.17, 15) is 0 Å². The van der Waals surface area contributed by atoms with E-state index < -0.39 is 0 Å². The van der Waals surface area contributed by atoms with Crippen molar-refractivity contribution in [2.45, 2.75) is 58.1 Å². The van der Waals surface area contributed by atoms with E-state index in [-0.39, 0.29) is 6.04 Å². The fraction of sp³-hybridized carbons (Fsp3) is 0.647. The van der Waals surface area contributed by atoms with Gasteiger partial charge in [0.2, 0.25) is 0 Å². The lowest BCUT2D eigenvalue weighted by molar-refractivity contribution is 0.0998. The van der Waals surface area contributed by atoms with Crippen molar-refractivity contribution in [3.05, 3.63) is 29.3 Å². The maximum Gasteiger partial charge on any atom is 0.123 e. The van der Waals surface area contributed by atoms with Crippen molar-refractivity contribution in [1.29, 1.82) is 0 Å². The van der Waals surface area contributed by atoms with Crippen LogP contribution in [0.5, 0.6) is 5.75 Å². The second kappa shape index (κ2) is 5.16. The van der Waals surface area contributed by atoms with E-state index in [1.165, 1.54) is 30.4 Å². The Labute approximate surface area is 116 Å². The predicted molar refractivity (Wildman–Crippen MR) is 78.3 cm³/mol. The van der Waals surface area contributed by atoms with Gasteiger partial charge in [0.05, 0.1) is 6.10 Å². The normalized spacial score (nSPS) is 34.1. The Kier molecular flexibility index (Phi) is 3.53. The van der Waals surface area contributed by atoms with Crippen LogP contribution in [0.15, 0.2) is 18.2 Å². The SMILES string of the molecule is CC1CCC(Oc2cccc3c2CCC3N)CC1C. The van der Waals surface area contributed by atoms with Crippen LogP contribution in [0, 0.1) is 11.8 Å². The summed E-state index contributed by atoms with van der Waals surface area (Å²) in [4.78, 5) is 0. The molecule has 0 spiro atoms. The highest BCUT2D eigenvalue weighted by atomic mass is 16.5. The quantitative estimate of drug-likeness (QED) is 0.876. The van der Waals surface area contributed by atoms with Gasteiger partial charge in [-0.05, 0) is 61.1 Å². The highest BCUT2D eigenvalue weighted by molar-refractivity contribution is 5.45. The summed E-state index contributed by atoms with van der Waals surface area (Å²) in [5, 5.41) is 0. The van der Waals surface area contributed by atoms with E-state index in [1.54, 1.807) is 0 Å². The van der Waals surface area contributed by atoms with Gasteiger partial charge in [0.15, 0.2) is 0 Å². The fourth-order valence-corrected chi connectivity index (χ4v) is 3.55. The van der Waals surface area contributed by atoms with Crippen LogP contribution in [0.1, 0.15) is 56.7 Å². The first-order chi connectivity index (χ1) is 9.15. The van der Waals surface area contributed by atoms with Gasteiger partial charge in [-0.15, -0.1) is 0 Å². The molecule has 4 atom stereocenters. The summed E-state index contributed by atoms with van der Waals surface area (Å²) < 4.78 is 6.31. The molecule has 2 nitrogen and oxygen atoms in total. The molecule has 0 aromatic heterocycles. The van der Waals surface area contributed by atoms with Crippen molar-refractivity contribution >= 4 is 0 Å². The number of hydrogen-bond acceptors (Lipinski definition) is 2. The van der Waals surface area contributed by atoms with Crippen molar-refractivity contribution in [2.75, 3.05) is 0 Å². The monoisotopic (exact) mass is 259 g/mol. The third kappa shape index (κ3) is 2.51. The molecule has 1 aromatic rings. The standard InChI is InChI=1S/C17H25NO/c1-11-6-7-13(10-12(11)2)19-17-5-3-4-14-15(17)8-9-16(14)18/h3-5,11-13,16H,6-10,18H2,1-2H3. The molecular formula is C17H25NO. The van der Waals surface area contributed by atoms with Crippen LogP contribution in [-0.2, 0) is 6.42 Å². The third-order valence-electron chi connectivity index (χ3n) is 5.12. The van der Waals surface area contributed by atoms with Gasteiger partial charge >= 0.3 is 0 Å². The number of benzene rings is 1. The van der Waals surface area contributed by atoms with Gasteiger partial charge in [-0.3, -0.25) is 0 Å². The average Bonchev–Trinajstić information content (AvgIpc) is 2.77. The van der Waals surface area contributed by atoms with E-state index in [2.05, 4.69) is 32.0 Å². The molecule has 3 rings (SSSR count). The van der Waals surface area contributed by atoms with Crippen LogP contribution in [0.25, 0.3) is 0 Å². The molecule has 2 aliphatic rings. The van der Waals surface area contributed by atoms with Gasteiger partial charge < -0.3 is 10.5 Å². The molecule has 0 amide bonds. The molecule has 0 aliphatic heterocycles. The van der Waals surface area contributed by atoms with Gasteiger partial charge in [0.1, 0.15) is 5.75 Å². The van der Waals surface area contributed by atoms with Gasteiger partial charge in [-0.2, -0.15) is 0 Å². The van der Waals surface area contributed by atoms with Crippen LogP contribution < -0.4 is 10.5 Å². The Hall–Kier alpha value is -1.02. The van der Waals surface area contributed by atoms with Crippen LogP contribution >= 0.6 is 0 Å². The topological polar surface area (TPSA) is 35.2 Å². The van der Waals surface area contributed by atoms with Gasteiger partial charge in [0.25, 0.3) is 0 Å². The molecule has 1 fully saturated rings. The highest BCUT2D eigenvalue weighted by Gasteiger charge is 2.28. The van der Waals surface area contributed by atoms with E-state index in [1.807, 2.05) is 0 Å². The smallest absolute Gasteiger partial charge is 0.123 e. The van der Waals surface area contributed by atoms with Crippen LogP contribution in [0.3, 0.4) is 0 Å². The van der Waals surface area contributed by atoms with E-state index in [0.717, 1.165) is 30.4 Å². The fourth-order valence-electron chi connectivity index (χ4n) is 3.55. The molecule has 0 heterocycles. The summed E-state index contributed by atoms with van der Waals surface area (Å²) in [6, 6.07) is 6.59. The molecule has 2 N–H and O–H groups in total. The zero-order valence-corrected chi connectivity index (χ0v) is 12.1. The molecule has 2 heteroatoms. The van der Waals surface area contributed by atoms with E-state index in [0.29, 0.717) is 6.10 Å². The van der Waals surface area contributed by atoms with E-state index in [4.69, 9.17) is 10.5 Å². The maximum atomic E-state index is 6.31. The molecule has 104 valence electrons. The summed E-state index contributed by atoms with van der Waals surface area (Å²) in [6.07, 6.45) is 6.21. The number of nitrogens with two attached hydrogens (primary N) is 1. The minimum Gasteiger partial charge on any atom is -0.490 e. The van der Waals surface area contributed by atoms with Crippen molar-refractivity contribution < 1.29 is 4.74 Å². The summed E-state index contributed by atoms with van der Waals surface area (Å²) in [6.45, 7) is 4.71. The lowest BCUT2D eigenvalue weighted by atomic mass is 9.80. The summed E-state index contributed by atoms with van der Waals surface area (Å²) in [5.74, 6) is 2.71. The molecule has 1 saturated carbocycles.